The van der Waals surface area contributed by atoms with Gasteiger partial charge in [-0.15, -0.1) is 0 Å². The van der Waals surface area contributed by atoms with Gasteiger partial charge < -0.3 is 14.8 Å². The molecule has 0 saturated carbocycles. The Kier molecular flexibility index (Phi) is 3.99. The van der Waals surface area contributed by atoms with Gasteiger partial charge in [-0.1, -0.05) is 11.6 Å². The minimum Gasteiger partial charge on any atom is -0.486 e. The zero-order valence-corrected chi connectivity index (χ0v) is 11.6. The number of nitrogens with one attached hydrogen (secondary N) is 1. The quantitative estimate of drug-likeness (QED) is 0.936. The van der Waals surface area contributed by atoms with Gasteiger partial charge in [0.25, 0.3) is 0 Å². The first-order chi connectivity index (χ1) is 9.83. The largest absolute Gasteiger partial charge is 0.486 e. The van der Waals surface area contributed by atoms with E-state index in [2.05, 4.69) is 15.3 Å². The van der Waals surface area contributed by atoms with Crippen molar-refractivity contribution in [1.82, 2.24) is 15.3 Å². The number of hydrogen-bond acceptors (Lipinski definition) is 5. The summed E-state index contributed by atoms with van der Waals surface area (Å²) in [7, 11) is 0. The first-order valence-corrected chi connectivity index (χ1v) is 6.74. The van der Waals surface area contributed by atoms with Crippen LogP contribution in [-0.2, 0) is 13.1 Å². The van der Waals surface area contributed by atoms with E-state index in [1.807, 2.05) is 18.2 Å². The van der Waals surface area contributed by atoms with Crippen molar-refractivity contribution >= 4 is 11.6 Å². The van der Waals surface area contributed by atoms with E-state index in [1.54, 1.807) is 6.20 Å². The lowest BCUT2D eigenvalue weighted by Gasteiger charge is -2.20. The SMILES string of the molecule is Clc1cc(CNCc2ccncn2)cc2c1OCCO2. The molecule has 0 atom stereocenters. The maximum absolute atomic E-state index is 6.19. The minimum absolute atomic E-state index is 0.540. The summed E-state index contributed by atoms with van der Waals surface area (Å²) in [6, 6.07) is 5.72. The van der Waals surface area contributed by atoms with Crippen LogP contribution in [0.15, 0.2) is 30.7 Å². The number of ether oxygens (including phenoxy) is 2. The lowest BCUT2D eigenvalue weighted by Crippen LogP contribution is -2.17. The van der Waals surface area contributed by atoms with E-state index in [0.29, 0.717) is 42.8 Å². The molecular weight excluding hydrogens is 278 g/mol. The molecule has 0 amide bonds. The number of aromatic nitrogens is 2. The monoisotopic (exact) mass is 291 g/mol. The van der Waals surface area contributed by atoms with Crippen molar-refractivity contribution < 1.29 is 9.47 Å². The topological polar surface area (TPSA) is 56.3 Å². The molecule has 1 aromatic carbocycles. The Morgan fingerprint density at radius 3 is 2.95 bits per heavy atom. The van der Waals surface area contributed by atoms with Crippen LogP contribution in [0.4, 0.5) is 0 Å². The van der Waals surface area contributed by atoms with Crippen molar-refractivity contribution in [3.8, 4) is 11.5 Å². The number of nitrogens with zero attached hydrogens (tertiary/aromatic N) is 2. The van der Waals surface area contributed by atoms with Gasteiger partial charge in [-0.05, 0) is 23.8 Å². The first kappa shape index (κ1) is 13.1. The molecule has 5 nitrogen and oxygen atoms in total. The predicted octanol–water partition coefficient (Wildman–Crippen LogP) is 2.19. The van der Waals surface area contributed by atoms with Gasteiger partial charge in [0, 0.05) is 19.3 Å². The molecule has 104 valence electrons. The van der Waals surface area contributed by atoms with E-state index < -0.39 is 0 Å². The van der Waals surface area contributed by atoms with Crippen molar-refractivity contribution in [1.29, 1.82) is 0 Å². The normalized spacial score (nSPS) is 13.2. The molecule has 0 spiro atoms. The highest BCUT2D eigenvalue weighted by Gasteiger charge is 2.16. The van der Waals surface area contributed by atoms with Crippen molar-refractivity contribution in [2.75, 3.05) is 13.2 Å². The van der Waals surface area contributed by atoms with Gasteiger partial charge in [-0.2, -0.15) is 0 Å². The average molecular weight is 292 g/mol. The van der Waals surface area contributed by atoms with E-state index >= 15 is 0 Å². The fourth-order valence-electron chi connectivity index (χ4n) is 2.02. The van der Waals surface area contributed by atoms with Crippen molar-refractivity contribution in [3.05, 3.63) is 47.0 Å². The van der Waals surface area contributed by atoms with Gasteiger partial charge in [0.05, 0.1) is 10.7 Å². The molecule has 0 saturated heterocycles. The smallest absolute Gasteiger partial charge is 0.179 e. The summed E-state index contributed by atoms with van der Waals surface area (Å²) >= 11 is 6.19. The molecule has 1 N–H and O–H groups in total. The standard InChI is InChI=1S/C14H14ClN3O2/c15-12-5-10(6-13-14(12)20-4-3-19-13)7-17-8-11-1-2-16-9-18-11/h1-2,5-6,9,17H,3-4,7-8H2. The van der Waals surface area contributed by atoms with E-state index in [9.17, 15) is 0 Å². The summed E-state index contributed by atoms with van der Waals surface area (Å²) in [5, 5.41) is 3.89. The van der Waals surface area contributed by atoms with Gasteiger partial charge in [0.15, 0.2) is 11.5 Å². The Morgan fingerprint density at radius 2 is 2.10 bits per heavy atom. The molecule has 1 aliphatic rings. The molecule has 20 heavy (non-hydrogen) atoms. The summed E-state index contributed by atoms with van der Waals surface area (Å²) < 4.78 is 11.0. The Hall–Kier alpha value is -1.85. The van der Waals surface area contributed by atoms with E-state index in [1.165, 1.54) is 6.33 Å². The number of benzene rings is 1. The van der Waals surface area contributed by atoms with Crippen LogP contribution in [0.3, 0.4) is 0 Å². The number of rotatable bonds is 4. The molecular formula is C14H14ClN3O2. The van der Waals surface area contributed by atoms with Crippen LogP contribution < -0.4 is 14.8 Å². The second-order valence-electron chi connectivity index (χ2n) is 4.41. The molecule has 1 aliphatic heterocycles. The minimum atomic E-state index is 0.540. The average Bonchev–Trinajstić information content (AvgIpc) is 2.48. The summed E-state index contributed by atoms with van der Waals surface area (Å²) in [4.78, 5) is 8.04. The van der Waals surface area contributed by atoms with Gasteiger partial charge in [0.1, 0.15) is 19.5 Å². The highest BCUT2D eigenvalue weighted by molar-refractivity contribution is 6.32. The van der Waals surface area contributed by atoms with E-state index in [-0.39, 0.29) is 0 Å². The Bertz CT molecular complexity index is 592. The first-order valence-electron chi connectivity index (χ1n) is 6.36. The zero-order valence-electron chi connectivity index (χ0n) is 10.8. The fraction of sp³-hybridized carbons (Fsp3) is 0.286. The lowest BCUT2D eigenvalue weighted by atomic mass is 10.2. The fourth-order valence-corrected chi connectivity index (χ4v) is 2.31. The maximum Gasteiger partial charge on any atom is 0.179 e. The molecule has 6 heteroatoms. The van der Waals surface area contributed by atoms with Crippen LogP contribution in [0.5, 0.6) is 11.5 Å². The van der Waals surface area contributed by atoms with Crippen LogP contribution in [0.25, 0.3) is 0 Å². The molecule has 0 fully saturated rings. The molecule has 0 aliphatic carbocycles. The third kappa shape index (κ3) is 3.00. The Balaban J connectivity index is 1.64. The van der Waals surface area contributed by atoms with Crippen LogP contribution >= 0.6 is 11.6 Å². The molecule has 0 radical (unpaired) electrons. The van der Waals surface area contributed by atoms with Crippen molar-refractivity contribution in [2.24, 2.45) is 0 Å². The van der Waals surface area contributed by atoms with Gasteiger partial charge in [-0.25, -0.2) is 9.97 Å². The summed E-state index contributed by atoms with van der Waals surface area (Å²) in [6.07, 6.45) is 3.27. The molecule has 2 aromatic rings. The van der Waals surface area contributed by atoms with E-state index in [4.69, 9.17) is 21.1 Å². The van der Waals surface area contributed by atoms with Crippen LogP contribution in [-0.4, -0.2) is 23.2 Å². The van der Waals surface area contributed by atoms with Crippen LogP contribution in [0, 0.1) is 0 Å². The number of halogens is 1. The van der Waals surface area contributed by atoms with Crippen LogP contribution in [0.1, 0.15) is 11.3 Å². The van der Waals surface area contributed by atoms with Gasteiger partial charge in [0.2, 0.25) is 0 Å². The molecule has 0 unspecified atom stereocenters. The molecule has 1 aromatic heterocycles. The zero-order chi connectivity index (χ0) is 13.8. The summed E-state index contributed by atoms with van der Waals surface area (Å²) in [5.41, 5.74) is 2.00. The van der Waals surface area contributed by atoms with Crippen molar-refractivity contribution in [3.63, 3.8) is 0 Å². The third-order valence-corrected chi connectivity index (χ3v) is 3.22. The summed E-state index contributed by atoms with van der Waals surface area (Å²) in [6.45, 7) is 2.45. The van der Waals surface area contributed by atoms with E-state index in [0.717, 1.165) is 11.3 Å². The highest BCUT2D eigenvalue weighted by atomic mass is 35.5. The van der Waals surface area contributed by atoms with Crippen LogP contribution in [0.2, 0.25) is 5.02 Å². The summed E-state index contributed by atoms with van der Waals surface area (Å²) in [5.74, 6) is 1.35. The molecule has 3 rings (SSSR count). The molecule has 0 bridgehead atoms. The predicted molar refractivity (Wildman–Crippen MR) is 75.0 cm³/mol. The Morgan fingerprint density at radius 1 is 1.20 bits per heavy atom. The second-order valence-corrected chi connectivity index (χ2v) is 4.81. The van der Waals surface area contributed by atoms with Gasteiger partial charge in [-0.3, -0.25) is 0 Å². The Labute approximate surface area is 121 Å². The van der Waals surface area contributed by atoms with Crippen molar-refractivity contribution in [2.45, 2.75) is 13.1 Å². The number of hydrogen-bond donors (Lipinski definition) is 1. The highest BCUT2D eigenvalue weighted by Crippen LogP contribution is 2.38. The maximum atomic E-state index is 6.19. The number of fused-ring (bicyclic) bond motifs is 1. The van der Waals surface area contributed by atoms with Gasteiger partial charge >= 0.3 is 0 Å². The second kappa shape index (κ2) is 6.07. The third-order valence-electron chi connectivity index (χ3n) is 2.94. The molecule has 2 heterocycles. The lowest BCUT2D eigenvalue weighted by molar-refractivity contribution is 0.171.